The van der Waals surface area contributed by atoms with Crippen molar-refractivity contribution in [2.24, 2.45) is 23.7 Å². The fraction of sp³-hybridized carbons (Fsp3) is 0.900. The normalized spacial score (nSPS) is 22.4. The first-order chi connectivity index (χ1) is 42.1. The van der Waals surface area contributed by atoms with Crippen LogP contribution in [0, 0.1) is 41.6 Å². The summed E-state index contributed by atoms with van der Waals surface area (Å²) in [6.45, 7) is 52.0. The molecule has 2 amide bonds. The molecule has 0 radical (unpaired) electrons. The van der Waals surface area contributed by atoms with Crippen molar-refractivity contribution in [1.82, 2.24) is 24.6 Å². The first-order valence-corrected chi connectivity index (χ1v) is 33.2. The van der Waals surface area contributed by atoms with Crippen LogP contribution in [0.2, 0.25) is 0 Å². The van der Waals surface area contributed by atoms with Crippen LogP contribution < -0.4 is 10.6 Å². The summed E-state index contributed by atoms with van der Waals surface area (Å²) in [5.74, 6) is -0.825. The van der Waals surface area contributed by atoms with Gasteiger partial charge in [0.05, 0.1) is 123 Å². The number of nitrogens with zero attached hydrogens (tertiary/aromatic N) is 5. The van der Waals surface area contributed by atoms with Crippen LogP contribution in [0.15, 0.2) is 0 Å². The Morgan fingerprint density at radius 1 is 0.557 bits per heavy atom. The third-order valence-corrected chi connectivity index (χ3v) is 19.0. The number of nitrogens with one attached hydrogen (secondary N) is 2. The maximum atomic E-state index is 11.8. The van der Waals surface area contributed by atoms with Crippen LogP contribution in [-0.4, -0.2) is 229 Å². The fourth-order valence-electron chi connectivity index (χ4n) is 9.57. The van der Waals surface area contributed by atoms with E-state index in [0.29, 0.717) is 103 Å². The summed E-state index contributed by atoms with van der Waals surface area (Å²) in [4.78, 5) is 49.1. The van der Waals surface area contributed by atoms with E-state index in [4.69, 9.17) is 79.1 Å². The largest absolute Gasteiger partial charge is 0.463 e. The van der Waals surface area contributed by atoms with Gasteiger partial charge in [0.15, 0.2) is 21.0 Å². The van der Waals surface area contributed by atoms with Gasteiger partial charge in [-0.25, -0.2) is 20.6 Å². The number of carbonyl (C=O) groups is 4. The van der Waals surface area contributed by atoms with Crippen LogP contribution in [-0.2, 0) is 80.1 Å². The van der Waals surface area contributed by atoms with E-state index in [9.17, 15) is 19.2 Å². The number of aliphatic hydroxyl groups excluding tert-OH is 1. The summed E-state index contributed by atoms with van der Waals surface area (Å²) >= 11 is 3.89. The molecule has 0 aliphatic carbocycles. The highest BCUT2D eigenvalue weighted by Crippen LogP contribution is 2.51. The Hall–Kier alpha value is -2.59. The topological polar surface area (TPSA) is 270 Å². The Bertz CT molecular complexity index is 1890. The molecule has 516 valence electrons. The highest BCUT2D eigenvalue weighted by Gasteiger charge is 2.44. The van der Waals surface area contributed by atoms with Gasteiger partial charge in [-0.2, -0.15) is 5.26 Å². The molecule has 0 aromatic rings. The van der Waals surface area contributed by atoms with Gasteiger partial charge in [0.25, 0.3) is 8.53 Å². The first-order valence-electron chi connectivity index (χ1n) is 31.3. The predicted octanol–water partition coefficient (Wildman–Crippen LogP) is 8.30. The molecule has 2 aliphatic rings. The van der Waals surface area contributed by atoms with Crippen LogP contribution in [0.1, 0.15) is 145 Å². The molecule has 2 heterocycles. The molecule has 2 rings (SSSR count). The highest BCUT2D eigenvalue weighted by atomic mass is 35.5. The standard InChI is InChI=1S/C27H50N3O9P.C18H33NO8.C15H32N3OP.ClH/c1-19(2)30(20(3)4)40(37-11-9-10-28)38-17-15-34-13-12-33-14-16-35-27-26(29-23(7)31)22(6)21(5)25(39-27)18-36-24(8)32;1-12-13(2)17(19-14(3)21)18(27-16(12)11-26-15(4)22)25-10-9-24-8-7-23-6-5-20;1-12(2)17(13(3)4)20(19-11-10-16-9)18(14(5)6)15(7)8;/h19-22,25-27H,9,11-18H2,1-8H3,(H,29,31);12-13,16-18,20H,5-11H2,1-4H3,(H,19,21);12-15H,10-11H2,1-8H3;1H/t21-,22+,25-,26-,27-,40?;12-,13+,16-,17-,18-;;/m11../s1/i/hD. The summed E-state index contributed by atoms with van der Waals surface area (Å²) in [6.07, 6.45) is -1.68. The maximum absolute atomic E-state index is 11.8. The summed E-state index contributed by atoms with van der Waals surface area (Å²) in [5, 5.41) is 23.2. The van der Waals surface area contributed by atoms with Crippen LogP contribution in [0.25, 0.3) is 4.85 Å². The van der Waals surface area contributed by atoms with E-state index in [1.165, 1.54) is 27.7 Å². The van der Waals surface area contributed by atoms with Gasteiger partial charge in [0.2, 0.25) is 18.4 Å². The number of rotatable bonds is 41. The molecule has 3 N–H and O–H groups in total. The lowest BCUT2D eigenvalue weighted by molar-refractivity contribution is -0.247. The number of nitriles is 1. The van der Waals surface area contributed by atoms with E-state index < -0.39 is 29.6 Å². The van der Waals surface area contributed by atoms with Gasteiger partial charge in [0.1, 0.15) is 21.0 Å². The van der Waals surface area contributed by atoms with E-state index in [2.05, 4.69) is 131 Å². The number of ether oxygens (including phenoxy) is 10. The Morgan fingerprint density at radius 2 is 0.909 bits per heavy atom. The Labute approximate surface area is 538 Å². The van der Waals surface area contributed by atoms with Crippen LogP contribution in [0.4, 0.5) is 0 Å². The molecular formula is C60H116ClN7O18P2. The van der Waals surface area contributed by atoms with Gasteiger partial charge in [-0.1, -0.05) is 27.7 Å². The zero-order valence-electron chi connectivity index (χ0n) is 57.9. The first kappa shape index (κ1) is 85.4. The van der Waals surface area contributed by atoms with Crippen molar-refractivity contribution in [2.75, 3.05) is 112 Å². The highest BCUT2D eigenvalue weighted by molar-refractivity contribution is 7.47. The van der Waals surface area contributed by atoms with Crippen molar-refractivity contribution >= 4 is 53.1 Å². The van der Waals surface area contributed by atoms with Crippen molar-refractivity contribution in [2.45, 2.75) is 218 Å². The van der Waals surface area contributed by atoms with E-state index in [1.807, 2.05) is 27.7 Å². The minimum Gasteiger partial charge on any atom is -0.463 e. The van der Waals surface area contributed by atoms with E-state index in [1.54, 1.807) is 0 Å². The molecule has 2 aliphatic heterocycles. The summed E-state index contributed by atoms with van der Waals surface area (Å²) in [5.41, 5.74) is 0. The van der Waals surface area contributed by atoms with E-state index in [-0.39, 0.29) is 123 Å². The predicted molar refractivity (Wildman–Crippen MR) is 342 cm³/mol. The maximum Gasteiger partial charge on any atom is 0.302 e. The van der Waals surface area contributed by atoms with Gasteiger partial charge in [-0.15, -0.1) is 12.3 Å². The van der Waals surface area contributed by atoms with Gasteiger partial charge < -0.3 is 81.5 Å². The quantitative estimate of drug-likeness (QED) is 0.0225. The number of amides is 2. The summed E-state index contributed by atoms with van der Waals surface area (Å²) < 4.78 is 86.0. The second kappa shape index (κ2) is 50.9. The molecule has 25 nitrogen and oxygen atoms in total. The number of hydrogen-bond acceptors (Lipinski definition) is 22. The number of aliphatic hydroxyl groups is 1. The minimum atomic E-state index is -1.29. The number of halogens is 1. The van der Waals surface area contributed by atoms with Crippen LogP contribution in [0.5, 0.6) is 0 Å². The molecule has 28 heteroatoms. The third kappa shape index (κ3) is 36.6. The zero-order chi connectivity index (χ0) is 68.2. The molecule has 88 heavy (non-hydrogen) atoms. The van der Waals surface area contributed by atoms with Crippen LogP contribution in [0.3, 0.4) is 0 Å². The second-order valence-electron chi connectivity index (χ2n) is 23.0. The Morgan fingerprint density at radius 3 is 1.24 bits per heavy atom. The van der Waals surface area contributed by atoms with Gasteiger partial charge in [-0.05, 0) is 107 Å². The van der Waals surface area contributed by atoms with Crippen molar-refractivity contribution in [1.29, 1.82) is 6.43 Å². The van der Waals surface area contributed by atoms with Crippen molar-refractivity contribution in [3.05, 3.63) is 11.4 Å². The lowest BCUT2D eigenvalue weighted by Crippen LogP contribution is -2.58. The molecule has 2 saturated heterocycles. The SMILES string of the molecule is CC(=O)N[C@H]1[C@H](OCCOCCOCCO)O[C@H](COC(C)=O)[C@H](C)[C@@H]1C.CC(=O)N[C@H]1[C@H](OCCOCCOCCOP(OCCC#N)N(C(C)C)C(C)C)O[C@H](COC(C)=O)[C@H](C)[C@@H]1C.[2H]Cl.[C-]#[N+]CCOP(N(C(C)C)C(C)C)N(C(C)C)C(C)C. The molecule has 0 aromatic carbocycles. The molecule has 0 saturated carbocycles. The lowest BCUT2D eigenvalue weighted by Gasteiger charge is -2.45. The number of esters is 2. The average Bonchev–Trinajstić information content (AvgIpc) is 2.64. The van der Waals surface area contributed by atoms with Crippen molar-refractivity contribution in [3.63, 3.8) is 0 Å². The fourth-order valence-corrected chi connectivity index (χ4v) is 13.5. The number of carbonyl (C=O) groups excluding carboxylic acids is 4. The average molecular weight is 1320 g/mol. The third-order valence-electron chi connectivity index (χ3n) is 13.8. The molecule has 0 aromatic heterocycles. The molecule has 2 fully saturated rings. The second-order valence-corrected chi connectivity index (χ2v) is 26.1. The zero-order valence-corrected chi connectivity index (χ0v) is 59.4. The number of hydrogen-bond donors (Lipinski definition) is 3. The molecular weight excluding hydrogens is 1200 g/mol. The van der Waals surface area contributed by atoms with E-state index in [0.717, 1.165) is 0 Å². The Kier molecular flexibility index (Phi) is 49.4. The smallest absolute Gasteiger partial charge is 0.302 e. The molecule has 0 bridgehead atoms. The monoisotopic (exact) mass is 1320 g/mol. The van der Waals surface area contributed by atoms with Gasteiger partial charge >= 0.3 is 11.9 Å². The van der Waals surface area contributed by atoms with E-state index >= 15 is 0 Å². The van der Waals surface area contributed by atoms with Gasteiger partial charge in [0, 0.05) is 63.9 Å². The van der Waals surface area contributed by atoms with Crippen LogP contribution >= 0.6 is 29.3 Å². The van der Waals surface area contributed by atoms with Crippen molar-refractivity contribution < 1.29 is 85.2 Å². The minimum absolute atomic E-state index is 0.0161. The van der Waals surface area contributed by atoms with Gasteiger partial charge in [-0.3, -0.25) is 19.2 Å². The molecule has 0 spiro atoms. The lowest BCUT2D eigenvalue weighted by atomic mass is 9.82. The molecule has 11 atom stereocenters. The summed E-state index contributed by atoms with van der Waals surface area (Å²) in [6, 6.07) is 3.63. The van der Waals surface area contributed by atoms with Crippen molar-refractivity contribution in [3.8, 4) is 6.07 Å². The summed E-state index contributed by atoms with van der Waals surface area (Å²) in [7, 11) is -2.12. The Balaban J connectivity index is 0. The molecule has 1 unspecified atom stereocenters.